The van der Waals surface area contributed by atoms with Crippen molar-refractivity contribution < 1.29 is 151 Å². The standard InChI is InChI=1S/2C27H32NO6.C26H32NO4.C12H21NO4.3CH4.3V/c2*1-20-16-28(25(31)33-18-22-13-9-6-10-14-22)19-27(20,15-23(29)34-26(2,3)4)24(30)32-17-21-11-7-5-8-12-21;1-20-16-27(17-21-11-7-5-8-12-21)19-26(20,15-23(28)31-25(2,3)4)24(29)30-18-22-13-9-6-10-14-22;1-8-6-13-7-12(8,10(15)16)5-9(14)17-11(2,3)4;;;;;;/h2*6-14,20H,15-19H2,1-4H3;5,7-14,20H,15-19H2,1-4H3;8,13H,5-7H2,1-4H3,(H,15,16);3*1H4;;;/q3*-1;;;;;;;/t20-,27+;;;8-,12+;;;;;;/m0..0....../s1. The molecule has 2 N–H and O–H groups in total. The molecule has 4 aliphatic rings. The zero-order valence-corrected chi connectivity index (χ0v) is 75.7. The van der Waals surface area contributed by atoms with Gasteiger partial charge in [0, 0.05) is 108 Å². The van der Waals surface area contributed by atoms with Crippen molar-refractivity contribution in [3.63, 3.8) is 0 Å². The van der Waals surface area contributed by atoms with Gasteiger partial charge in [-0.05, 0) is 130 Å². The number of rotatable bonds is 24. The van der Waals surface area contributed by atoms with Crippen molar-refractivity contribution in [2.24, 2.45) is 45.3 Å². The fourth-order valence-corrected chi connectivity index (χ4v) is 14.3. The summed E-state index contributed by atoms with van der Waals surface area (Å²) in [6.07, 6.45) is -1.50. The van der Waals surface area contributed by atoms with E-state index in [4.69, 9.17) is 42.6 Å². The number of nitrogens with zero attached hydrogens (tertiary/aromatic N) is 3. The average Bonchev–Trinajstić information content (AvgIpc) is 1.62. The van der Waals surface area contributed by atoms with Crippen LogP contribution in [0.4, 0.5) is 9.59 Å². The number of amides is 2. The van der Waals surface area contributed by atoms with E-state index >= 15 is 0 Å². The van der Waals surface area contributed by atoms with Crippen molar-refractivity contribution in [1.82, 2.24) is 20.0 Å². The first-order valence-electron chi connectivity index (χ1n) is 39.4. The van der Waals surface area contributed by atoms with Crippen molar-refractivity contribution in [3.8, 4) is 0 Å². The van der Waals surface area contributed by atoms with Crippen LogP contribution in [0, 0.1) is 63.5 Å². The van der Waals surface area contributed by atoms with Crippen LogP contribution in [0.25, 0.3) is 0 Å². The molecule has 4 heterocycles. The largest absolute Gasteiger partial charge is 0.481 e. The van der Waals surface area contributed by atoms with Crippen molar-refractivity contribution >= 4 is 59.9 Å². The molecule has 4 aliphatic heterocycles. The number of carbonyl (C=O) groups excluding carboxylic acids is 9. The van der Waals surface area contributed by atoms with E-state index in [1.807, 2.05) is 139 Å². The van der Waals surface area contributed by atoms with Gasteiger partial charge in [-0.2, -0.15) is 91.0 Å². The maximum Gasteiger partial charge on any atom is 0.410 e. The molecule has 8 atom stereocenters. The minimum Gasteiger partial charge on any atom is -0.481 e. The Morgan fingerprint density at radius 1 is 0.369 bits per heavy atom. The zero-order valence-electron chi connectivity index (χ0n) is 71.5. The number of likely N-dealkylation sites (tertiary alicyclic amines) is 3. The van der Waals surface area contributed by atoms with E-state index in [0.717, 1.165) is 34.4 Å². The third-order valence-electron chi connectivity index (χ3n) is 20.4. The molecule has 122 heavy (non-hydrogen) atoms. The van der Waals surface area contributed by atoms with Crippen LogP contribution in [0.15, 0.2) is 164 Å². The van der Waals surface area contributed by atoms with Crippen molar-refractivity contribution in [2.45, 2.75) is 221 Å². The fourth-order valence-electron chi connectivity index (χ4n) is 14.3. The molecule has 4 saturated heterocycles. The number of nitrogens with one attached hydrogen (secondary N) is 1. The van der Waals surface area contributed by atoms with Gasteiger partial charge in [0.15, 0.2) is 0 Å². The zero-order chi connectivity index (χ0) is 85.3. The molecule has 667 valence electrons. The molecule has 0 aromatic heterocycles. The predicted molar refractivity (Wildman–Crippen MR) is 452 cm³/mol. The number of aliphatic carboxylic acids is 1. The molecule has 10 rings (SSSR count). The summed E-state index contributed by atoms with van der Waals surface area (Å²) in [5.74, 6) is -4.95. The first-order chi connectivity index (χ1) is 54.5. The van der Waals surface area contributed by atoms with E-state index in [9.17, 15) is 53.1 Å². The van der Waals surface area contributed by atoms with Gasteiger partial charge < -0.3 is 62.9 Å². The molecule has 6 aromatic rings. The average molecular weight is 1800 g/mol. The van der Waals surface area contributed by atoms with Crippen molar-refractivity contribution in [3.05, 3.63) is 215 Å². The Morgan fingerprint density at radius 2 is 0.631 bits per heavy atom. The molecule has 0 aliphatic carbocycles. The maximum absolute atomic E-state index is 13.4. The van der Waals surface area contributed by atoms with Crippen molar-refractivity contribution in [1.29, 1.82) is 0 Å². The second-order valence-electron chi connectivity index (χ2n) is 34.7. The molecule has 27 heteroatoms. The predicted octanol–water partition coefficient (Wildman–Crippen LogP) is 16.4. The van der Waals surface area contributed by atoms with Gasteiger partial charge in [0.2, 0.25) is 0 Å². The number of carboxylic acid groups (broad SMARTS) is 1. The molecule has 2 amide bonds. The summed E-state index contributed by atoms with van der Waals surface area (Å²) in [7, 11) is 0. The number of hydrogen-bond acceptors (Lipinski definition) is 21. The van der Waals surface area contributed by atoms with Gasteiger partial charge >= 0.3 is 59.9 Å². The minimum atomic E-state index is -1.23. The summed E-state index contributed by atoms with van der Waals surface area (Å²) in [5.41, 5.74) is -1.57. The van der Waals surface area contributed by atoms with E-state index < -0.39 is 92.1 Å². The Bertz CT molecular complexity index is 4060. The SMILES string of the molecule is C.C.C.CC1CN(C(=O)OCc2ccccc2)CC1(CC(=O)OC(C)(C)C)C(=O)OCc1cc[c-]cc1.CC1CN(Cc2ccccc2)CC1(CC(=O)OC(C)(C)C)C(=O)OCc1cc[c-]cc1.C[C@H]1CN(C(=O)OCc2ccccc2)C[C@@]1(CC(=O)OC(C)(C)C)C(=O)OCc1cc[c-]cc1.C[C@H]1CNC[C@@]1(CC(=O)OC(C)(C)C)C(=O)O.[V].[V].[V]. The monoisotopic (exact) mass is 1800 g/mol. The number of ether oxygens (including phenoxy) is 9. The van der Waals surface area contributed by atoms with Gasteiger partial charge in [-0.3, -0.25) is 43.3 Å². The van der Waals surface area contributed by atoms with Gasteiger partial charge in [0.1, 0.15) is 46.4 Å². The molecule has 3 radical (unpaired) electrons. The molecular weight excluding hydrogens is 1670 g/mol. The number of esters is 7. The van der Waals surface area contributed by atoms with Gasteiger partial charge in [-0.25, -0.2) is 9.59 Å². The topological polar surface area (TPSA) is 296 Å². The van der Waals surface area contributed by atoms with E-state index in [0.29, 0.717) is 26.2 Å². The van der Waals surface area contributed by atoms with Gasteiger partial charge in [-0.15, -0.1) is 16.7 Å². The van der Waals surface area contributed by atoms with Crippen LogP contribution >= 0.6 is 0 Å². The second-order valence-corrected chi connectivity index (χ2v) is 34.7. The summed E-state index contributed by atoms with van der Waals surface area (Å²) in [6, 6.07) is 59.2. The third kappa shape index (κ3) is 34.4. The van der Waals surface area contributed by atoms with Crippen molar-refractivity contribution in [2.75, 3.05) is 52.4 Å². The minimum absolute atomic E-state index is 0. The molecule has 4 fully saturated rings. The van der Waals surface area contributed by atoms with E-state index in [1.165, 1.54) is 15.4 Å². The Labute approximate surface area is 760 Å². The van der Waals surface area contributed by atoms with Gasteiger partial charge in [0.05, 0.1) is 56.3 Å². The Kier molecular flexibility index (Phi) is 45.9. The third-order valence-corrected chi connectivity index (χ3v) is 20.4. The first-order valence-corrected chi connectivity index (χ1v) is 39.4. The molecule has 0 bridgehead atoms. The summed E-state index contributed by atoms with van der Waals surface area (Å²) in [6.45, 7) is 33.0. The number of benzene rings is 6. The first kappa shape index (κ1) is 111. The van der Waals surface area contributed by atoms with Crippen LogP contribution in [-0.2, 0) is 176 Å². The fraction of sp³-hybridized carbons (Fsp3) is 0.516. The molecule has 24 nitrogen and oxygen atoms in total. The molecular formula is C95H129N4O20V3-3. The summed E-state index contributed by atoms with van der Waals surface area (Å²) in [4.78, 5) is 132. The number of carbonyl (C=O) groups is 10. The molecule has 0 saturated carbocycles. The Balaban J connectivity index is 0.000000819. The summed E-state index contributed by atoms with van der Waals surface area (Å²) in [5, 5.41) is 12.4. The second kappa shape index (κ2) is 50.3. The molecule has 4 unspecified atom stereocenters. The summed E-state index contributed by atoms with van der Waals surface area (Å²) >= 11 is 0. The quantitative estimate of drug-likeness (QED) is 0.0323. The number of hydrogen-bond donors (Lipinski definition) is 2. The Morgan fingerprint density at radius 3 is 0.910 bits per heavy atom. The van der Waals surface area contributed by atoms with E-state index in [2.05, 4.69) is 40.5 Å². The van der Waals surface area contributed by atoms with Gasteiger partial charge in [0.25, 0.3) is 0 Å². The van der Waals surface area contributed by atoms with Crippen LogP contribution in [0.5, 0.6) is 0 Å². The van der Waals surface area contributed by atoms with Gasteiger partial charge in [-0.1, -0.05) is 141 Å². The maximum atomic E-state index is 13.4. The van der Waals surface area contributed by atoms with Crippen LogP contribution in [0.2, 0.25) is 0 Å². The van der Waals surface area contributed by atoms with E-state index in [-0.39, 0.29) is 198 Å². The Hall–Kier alpha value is -8.71. The van der Waals surface area contributed by atoms with Crippen LogP contribution in [0.1, 0.15) is 192 Å². The molecule has 0 spiro atoms. The number of carboxylic acids is 1. The molecule has 6 aromatic carbocycles. The normalized spacial score (nSPS) is 20.7. The van der Waals surface area contributed by atoms with Crippen LogP contribution in [-0.4, -0.2) is 155 Å². The van der Waals surface area contributed by atoms with E-state index in [1.54, 1.807) is 123 Å². The van der Waals surface area contributed by atoms with Crippen LogP contribution < -0.4 is 5.32 Å². The smallest absolute Gasteiger partial charge is 0.410 e. The summed E-state index contributed by atoms with van der Waals surface area (Å²) < 4.78 is 49.7. The van der Waals surface area contributed by atoms with Crippen LogP contribution in [0.3, 0.4) is 0 Å².